The molecule has 2 rings (SSSR count). The minimum Gasteiger partial charge on any atom is -0.310 e. The van der Waals surface area contributed by atoms with Crippen LogP contribution in [0.15, 0.2) is 18.2 Å². The van der Waals surface area contributed by atoms with Crippen LogP contribution in [0.2, 0.25) is 0 Å². The van der Waals surface area contributed by atoms with Crippen LogP contribution in [0.4, 0.5) is 0 Å². The average Bonchev–Trinajstić information content (AvgIpc) is 2.78. The number of tetrazole rings is 1. The molecule has 5 nitrogen and oxygen atoms in total. The Labute approximate surface area is 114 Å². The van der Waals surface area contributed by atoms with Crippen molar-refractivity contribution < 1.29 is 0 Å². The largest absolute Gasteiger partial charge is 0.310 e. The van der Waals surface area contributed by atoms with Gasteiger partial charge in [-0.15, -0.1) is 5.10 Å². The van der Waals surface area contributed by atoms with E-state index in [0.29, 0.717) is 6.54 Å². The molecule has 0 spiro atoms. The van der Waals surface area contributed by atoms with Crippen LogP contribution in [0.5, 0.6) is 0 Å². The molecular formula is C11H14IN5. The van der Waals surface area contributed by atoms with Gasteiger partial charge < -0.3 is 5.32 Å². The van der Waals surface area contributed by atoms with Crippen LogP contribution in [-0.2, 0) is 6.54 Å². The van der Waals surface area contributed by atoms with Gasteiger partial charge in [0, 0.05) is 3.57 Å². The fourth-order valence-corrected chi connectivity index (χ4v) is 2.05. The van der Waals surface area contributed by atoms with Crippen LogP contribution in [-0.4, -0.2) is 26.8 Å². The Morgan fingerprint density at radius 1 is 1.41 bits per heavy atom. The number of hydrogen-bond acceptors (Lipinski definition) is 4. The maximum atomic E-state index is 4.05. The topological polar surface area (TPSA) is 55.6 Å². The van der Waals surface area contributed by atoms with Crippen molar-refractivity contribution in [2.45, 2.75) is 20.4 Å². The fraction of sp³-hybridized carbons (Fsp3) is 0.364. The highest BCUT2D eigenvalue weighted by Gasteiger charge is 2.10. The molecule has 0 aliphatic carbocycles. The van der Waals surface area contributed by atoms with Crippen molar-refractivity contribution in [2.75, 3.05) is 6.54 Å². The summed E-state index contributed by atoms with van der Waals surface area (Å²) in [5, 5.41) is 15.1. The molecule has 6 heteroatoms. The third kappa shape index (κ3) is 2.63. The molecule has 1 aromatic carbocycles. The van der Waals surface area contributed by atoms with E-state index < -0.39 is 0 Å². The molecule has 0 aliphatic heterocycles. The Balaban J connectivity index is 2.39. The molecule has 0 atom stereocenters. The number of rotatable bonds is 4. The molecule has 0 bridgehead atoms. The Morgan fingerprint density at radius 2 is 2.24 bits per heavy atom. The summed E-state index contributed by atoms with van der Waals surface area (Å²) < 4.78 is 3.00. The molecular weight excluding hydrogens is 329 g/mol. The number of hydrogen-bond donors (Lipinski definition) is 1. The average molecular weight is 343 g/mol. The second kappa shape index (κ2) is 5.54. The van der Waals surface area contributed by atoms with Crippen LogP contribution >= 0.6 is 22.6 Å². The number of aromatic nitrogens is 4. The second-order valence-corrected chi connectivity index (χ2v) is 4.83. The van der Waals surface area contributed by atoms with E-state index in [2.05, 4.69) is 63.3 Å². The highest BCUT2D eigenvalue weighted by atomic mass is 127. The van der Waals surface area contributed by atoms with Crippen molar-refractivity contribution in [3.63, 3.8) is 0 Å². The van der Waals surface area contributed by atoms with Crippen LogP contribution in [0, 0.1) is 10.5 Å². The fourth-order valence-electron chi connectivity index (χ4n) is 1.57. The Kier molecular flexibility index (Phi) is 4.06. The lowest BCUT2D eigenvalue weighted by atomic mass is 10.2. The van der Waals surface area contributed by atoms with Gasteiger partial charge in [0.1, 0.15) is 0 Å². The van der Waals surface area contributed by atoms with Gasteiger partial charge in [-0.05, 0) is 64.2 Å². The first-order valence-electron chi connectivity index (χ1n) is 5.47. The molecule has 0 fully saturated rings. The van der Waals surface area contributed by atoms with Crippen LogP contribution in [0.3, 0.4) is 0 Å². The van der Waals surface area contributed by atoms with E-state index in [-0.39, 0.29) is 0 Å². The Morgan fingerprint density at radius 3 is 3.00 bits per heavy atom. The van der Waals surface area contributed by atoms with E-state index in [4.69, 9.17) is 0 Å². The maximum Gasteiger partial charge on any atom is 0.170 e. The predicted octanol–water partition coefficient (Wildman–Crippen LogP) is 1.68. The quantitative estimate of drug-likeness (QED) is 0.859. The number of nitrogens with zero attached hydrogens (tertiary/aromatic N) is 4. The molecule has 0 amide bonds. The van der Waals surface area contributed by atoms with Gasteiger partial charge in [-0.2, -0.15) is 4.68 Å². The molecule has 0 unspecified atom stereocenters. The van der Waals surface area contributed by atoms with Crippen molar-refractivity contribution in [3.8, 4) is 5.69 Å². The highest BCUT2D eigenvalue weighted by molar-refractivity contribution is 14.1. The summed E-state index contributed by atoms with van der Waals surface area (Å²) in [6.07, 6.45) is 0. The van der Waals surface area contributed by atoms with Crippen molar-refractivity contribution in [1.82, 2.24) is 25.5 Å². The lowest BCUT2D eigenvalue weighted by Crippen LogP contribution is -2.16. The van der Waals surface area contributed by atoms with Gasteiger partial charge in [-0.3, -0.25) is 0 Å². The van der Waals surface area contributed by atoms with E-state index >= 15 is 0 Å². The number of nitrogens with one attached hydrogen (secondary N) is 1. The molecule has 0 aliphatic rings. The zero-order chi connectivity index (χ0) is 12.3. The first kappa shape index (κ1) is 12.4. The van der Waals surface area contributed by atoms with Crippen LogP contribution in [0.1, 0.15) is 18.3 Å². The lowest BCUT2D eigenvalue weighted by molar-refractivity contribution is 0.662. The van der Waals surface area contributed by atoms with Crippen molar-refractivity contribution in [1.29, 1.82) is 0 Å². The SMILES string of the molecule is CCNCc1nnnn1-c1cccc(I)c1C. The Hall–Kier alpha value is -1.02. The van der Waals surface area contributed by atoms with E-state index in [1.54, 1.807) is 4.68 Å². The molecule has 0 radical (unpaired) electrons. The molecule has 90 valence electrons. The van der Waals surface area contributed by atoms with Crippen molar-refractivity contribution in [2.24, 2.45) is 0 Å². The summed E-state index contributed by atoms with van der Waals surface area (Å²) in [6, 6.07) is 6.12. The van der Waals surface area contributed by atoms with E-state index in [9.17, 15) is 0 Å². The highest BCUT2D eigenvalue weighted by Crippen LogP contribution is 2.19. The normalized spacial score (nSPS) is 10.8. The van der Waals surface area contributed by atoms with Gasteiger partial charge >= 0.3 is 0 Å². The summed E-state index contributed by atoms with van der Waals surface area (Å²) in [7, 11) is 0. The monoisotopic (exact) mass is 343 g/mol. The molecule has 17 heavy (non-hydrogen) atoms. The van der Waals surface area contributed by atoms with Gasteiger partial charge in [-0.25, -0.2) is 0 Å². The van der Waals surface area contributed by atoms with Crippen LogP contribution in [0.25, 0.3) is 5.69 Å². The minimum atomic E-state index is 0.675. The third-order valence-electron chi connectivity index (χ3n) is 2.53. The summed E-state index contributed by atoms with van der Waals surface area (Å²) in [5.41, 5.74) is 2.23. The zero-order valence-electron chi connectivity index (χ0n) is 9.81. The zero-order valence-corrected chi connectivity index (χ0v) is 12.0. The summed E-state index contributed by atoms with van der Waals surface area (Å²) >= 11 is 2.32. The maximum absolute atomic E-state index is 4.05. The van der Waals surface area contributed by atoms with Crippen molar-refractivity contribution >= 4 is 22.6 Å². The van der Waals surface area contributed by atoms with Crippen LogP contribution < -0.4 is 5.32 Å². The summed E-state index contributed by atoms with van der Waals surface area (Å²) in [5.74, 6) is 0.831. The summed E-state index contributed by atoms with van der Waals surface area (Å²) in [6.45, 7) is 5.72. The second-order valence-electron chi connectivity index (χ2n) is 3.67. The minimum absolute atomic E-state index is 0.675. The number of halogens is 1. The number of benzene rings is 1. The standard InChI is InChI=1S/C11H14IN5/c1-3-13-7-11-14-15-16-17(11)10-6-4-5-9(12)8(10)2/h4-6,13H,3,7H2,1-2H3. The van der Waals surface area contributed by atoms with E-state index in [1.807, 2.05) is 12.1 Å². The van der Waals surface area contributed by atoms with Crippen molar-refractivity contribution in [3.05, 3.63) is 33.2 Å². The third-order valence-corrected chi connectivity index (χ3v) is 3.70. The molecule has 0 saturated heterocycles. The van der Waals surface area contributed by atoms with E-state index in [0.717, 1.165) is 18.1 Å². The van der Waals surface area contributed by atoms with Gasteiger partial charge in [0.2, 0.25) is 0 Å². The van der Waals surface area contributed by atoms with E-state index in [1.165, 1.54) is 9.13 Å². The van der Waals surface area contributed by atoms with Gasteiger partial charge in [0.05, 0.1) is 12.2 Å². The smallest absolute Gasteiger partial charge is 0.170 e. The van der Waals surface area contributed by atoms with Gasteiger partial charge in [0.15, 0.2) is 5.82 Å². The van der Waals surface area contributed by atoms with Gasteiger partial charge in [-0.1, -0.05) is 13.0 Å². The molecule has 1 N–H and O–H groups in total. The summed E-state index contributed by atoms with van der Waals surface area (Å²) in [4.78, 5) is 0. The first-order valence-corrected chi connectivity index (χ1v) is 6.55. The molecule has 2 aromatic rings. The lowest BCUT2D eigenvalue weighted by Gasteiger charge is -2.09. The molecule has 1 heterocycles. The predicted molar refractivity (Wildman–Crippen MR) is 74.0 cm³/mol. The first-order chi connectivity index (χ1) is 8.24. The molecule has 1 aromatic heterocycles. The molecule has 0 saturated carbocycles. The van der Waals surface area contributed by atoms with Gasteiger partial charge in [0.25, 0.3) is 0 Å². The Bertz CT molecular complexity index is 508.